The van der Waals surface area contributed by atoms with Crippen molar-refractivity contribution in [1.82, 2.24) is 15.3 Å². The van der Waals surface area contributed by atoms with Gasteiger partial charge >= 0.3 is 0 Å². The molecule has 3 N–H and O–H groups in total. The fourth-order valence-corrected chi connectivity index (χ4v) is 3.17. The van der Waals surface area contributed by atoms with Crippen LogP contribution in [0.25, 0.3) is 10.9 Å². The Morgan fingerprint density at radius 1 is 1.19 bits per heavy atom. The summed E-state index contributed by atoms with van der Waals surface area (Å²) in [6.45, 7) is 2.87. The van der Waals surface area contributed by atoms with E-state index < -0.39 is 0 Å². The van der Waals surface area contributed by atoms with Gasteiger partial charge in [0.1, 0.15) is 5.82 Å². The molecule has 2 aromatic carbocycles. The number of benzene rings is 2. The second-order valence-electron chi connectivity index (χ2n) is 6.07. The zero-order chi connectivity index (χ0) is 19.4. The SMILES string of the molecule is CC(=O)NCCN(Cc1ccc(Cl)cc1Cl)c1nc(N)c2ccccc2n1. The Balaban J connectivity index is 1.94. The van der Waals surface area contributed by atoms with Crippen LogP contribution in [0.1, 0.15) is 12.5 Å². The van der Waals surface area contributed by atoms with Gasteiger partial charge in [-0.3, -0.25) is 4.79 Å². The van der Waals surface area contributed by atoms with Crippen molar-refractivity contribution in [2.75, 3.05) is 23.7 Å². The molecule has 1 heterocycles. The summed E-state index contributed by atoms with van der Waals surface area (Å²) in [4.78, 5) is 22.2. The summed E-state index contributed by atoms with van der Waals surface area (Å²) in [6, 6.07) is 12.9. The highest BCUT2D eigenvalue weighted by Crippen LogP contribution is 2.25. The number of carbonyl (C=O) groups is 1. The number of amides is 1. The van der Waals surface area contributed by atoms with Gasteiger partial charge in [0.05, 0.1) is 5.52 Å². The smallest absolute Gasteiger partial charge is 0.228 e. The van der Waals surface area contributed by atoms with E-state index in [4.69, 9.17) is 28.9 Å². The minimum atomic E-state index is -0.0987. The number of halogens is 2. The number of nitrogens with two attached hydrogens (primary N) is 1. The van der Waals surface area contributed by atoms with Crippen LogP contribution in [0.15, 0.2) is 42.5 Å². The Bertz CT molecular complexity index is 979. The Labute approximate surface area is 167 Å². The van der Waals surface area contributed by atoms with E-state index >= 15 is 0 Å². The maximum absolute atomic E-state index is 11.2. The summed E-state index contributed by atoms with van der Waals surface area (Å²) in [5.74, 6) is 0.781. The average molecular weight is 404 g/mol. The number of fused-ring (bicyclic) bond motifs is 1. The van der Waals surface area contributed by atoms with Gasteiger partial charge in [-0.15, -0.1) is 0 Å². The summed E-state index contributed by atoms with van der Waals surface area (Å²) >= 11 is 12.3. The summed E-state index contributed by atoms with van der Waals surface area (Å²) in [5, 5.41) is 4.71. The lowest BCUT2D eigenvalue weighted by molar-refractivity contribution is -0.118. The third-order valence-corrected chi connectivity index (χ3v) is 4.62. The highest BCUT2D eigenvalue weighted by atomic mass is 35.5. The first-order chi connectivity index (χ1) is 12.9. The van der Waals surface area contributed by atoms with Gasteiger partial charge in [0.15, 0.2) is 0 Å². The van der Waals surface area contributed by atoms with Crippen molar-refractivity contribution in [2.24, 2.45) is 0 Å². The van der Waals surface area contributed by atoms with Crippen LogP contribution in [0, 0.1) is 0 Å². The van der Waals surface area contributed by atoms with Gasteiger partial charge in [0.2, 0.25) is 11.9 Å². The first kappa shape index (κ1) is 19.2. The number of rotatable bonds is 6. The molecule has 0 atom stereocenters. The van der Waals surface area contributed by atoms with Crippen molar-refractivity contribution < 1.29 is 4.79 Å². The maximum atomic E-state index is 11.2. The topological polar surface area (TPSA) is 84.1 Å². The van der Waals surface area contributed by atoms with Gasteiger partial charge in [-0.1, -0.05) is 41.4 Å². The van der Waals surface area contributed by atoms with Crippen LogP contribution >= 0.6 is 23.2 Å². The number of aromatic nitrogens is 2. The average Bonchev–Trinajstić information content (AvgIpc) is 2.62. The molecule has 1 aromatic heterocycles. The molecular weight excluding hydrogens is 385 g/mol. The van der Waals surface area contributed by atoms with Crippen LogP contribution in [0.5, 0.6) is 0 Å². The Hall–Kier alpha value is -2.57. The molecule has 140 valence electrons. The molecule has 0 radical (unpaired) electrons. The van der Waals surface area contributed by atoms with Crippen LogP contribution in [0.3, 0.4) is 0 Å². The minimum Gasteiger partial charge on any atom is -0.383 e. The molecule has 0 bridgehead atoms. The second-order valence-corrected chi connectivity index (χ2v) is 6.91. The monoisotopic (exact) mass is 403 g/mol. The fourth-order valence-electron chi connectivity index (χ4n) is 2.70. The lowest BCUT2D eigenvalue weighted by atomic mass is 10.2. The molecule has 0 saturated carbocycles. The van der Waals surface area contributed by atoms with E-state index in [1.165, 1.54) is 6.92 Å². The van der Waals surface area contributed by atoms with Gasteiger partial charge in [-0.2, -0.15) is 4.98 Å². The van der Waals surface area contributed by atoms with E-state index in [1.54, 1.807) is 12.1 Å². The first-order valence-electron chi connectivity index (χ1n) is 8.39. The van der Waals surface area contributed by atoms with Gasteiger partial charge < -0.3 is 16.0 Å². The molecule has 0 spiro atoms. The number of nitrogens with one attached hydrogen (secondary N) is 1. The van der Waals surface area contributed by atoms with E-state index in [0.29, 0.717) is 41.4 Å². The Morgan fingerprint density at radius 3 is 2.70 bits per heavy atom. The van der Waals surface area contributed by atoms with Crippen molar-refractivity contribution in [2.45, 2.75) is 13.5 Å². The van der Waals surface area contributed by atoms with E-state index in [2.05, 4.69) is 15.3 Å². The van der Waals surface area contributed by atoms with Crippen LogP contribution in [0.4, 0.5) is 11.8 Å². The van der Waals surface area contributed by atoms with Crippen LogP contribution < -0.4 is 16.0 Å². The Kier molecular flexibility index (Phi) is 5.98. The van der Waals surface area contributed by atoms with Crippen molar-refractivity contribution in [3.8, 4) is 0 Å². The van der Waals surface area contributed by atoms with Gasteiger partial charge in [0, 0.05) is 42.0 Å². The number of nitrogen functional groups attached to an aromatic ring is 1. The largest absolute Gasteiger partial charge is 0.383 e. The lowest BCUT2D eigenvalue weighted by Gasteiger charge is -2.24. The van der Waals surface area contributed by atoms with Gasteiger partial charge in [-0.25, -0.2) is 4.98 Å². The third kappa shape index (κ3) is 4.78. The standard InChI is InChI=1S/C19H19Cl2N5O/c1-12(27)23-8-9-26(11-13-6-7-14(20)10-16(13)21)19-24-17-5-3-2-4-15(17)18(22)25-19/h2-7,10H,8-9,11H2,1H3,(H,23,27)(H2,22,24,25). The van der Waals surface area contributed by atoms with Crippen molar-refractivity contribution in [1.29, 1.82) is 0 Å². The summed E-state index contributed by atoms with van der Waals surface area (Å²) in [7, 11) is 0. The first-order valence-corrected chi connectivity index (χ1v) is 9.15. The van der Waals surface area contributed by atoms with Crippen molar-refractivity contribution in [3.05, 3.63) is 58.1 Å². The van der Waals surface area contributed by atoms with Crippen molar-refractivity contribution >= 4 is 51.8 Å². The van der Waals surface area contributed by atoms with Crippen LogP contribution in [-0.4, -0.2) is 29.0 Å². The molecule has 0 aliphatic heterocycles. The molecule has 0 fully saturated rings. The van der Waals surface area contributed by atoms with Crippen molar-refractivity contribution in [3.63, 3.8) is 0 Å². The quantitative estimate of drug-likeness (QED) is 0.655. The summed E-state index contributed by atoms with van der Waals surface area (Å²) in [6.07, 6.45) is 0. The fraction of sp³-hybridized carbons (Fsp3) is 0.211. The highest BCUT2D eigenvalue weighted by molar-refractivity contribution is 6.35. The molecule has 3 rings (SSSR count). The molecule has 0 saturated heterocycles. The molecule has 0 aliphatic carbocycles. The second kappa shape index (κ2) is 8.41. The number of anilines is 2. The number of hydrogen-bond acceptors (Lipinski definition) is 5. The zero-order valence-electron chi connectivity index (χ0n) is 14.7. The number of carbonyl (C=O) groups excluding carboxylic acids is 1. The van der Waals surface area contributed by atoms with Gasteiger partial charge in [0.25, 0.3) is 0 Å². The van der Waals surface area contributed by atoms with E-state index in [-0.39, 0.29) is 5.91 Å². The van der Waals surface area contributed by atoms with Crippen LogP contribution in [-0.2, 0) is 11.3 Å². The van der Waals surface area contributed by atoms with E-state index in [1.807, 2.05) is 35.2 Å². The molecule has 0 unspecified atom stereocenters. The molecule has 3 aromatic rings. The summed E-state index contributed by atoms with van der Waals surface area (Å²) < 4.78 is 0. The zero-order valence-corrected chi connectivity index (χ0v) is 16.3. The van der Waals surface area contributed by atoms with E-state index in [9.17, 15) is 4.79 Å². The molecule has 1 amide bonds. The number of hydrogen-bond donors (Lipinski definition) is 2. The molecule has 8 heteroatoms. The molecular formula is C19H19Cl2N5O. The third-order valence-electron chi connectivity index (χ3n) is 4.04. The maximum Gasteiger partial charge on any atom is 0.228 e. The molecule has 6 nitrogen and oxygen atoms in total. The highest BCUT2D eigenvalue weighted by Gasteiger charge is 2.15. The predicted molar refractivity (Wildman–Crippen MR) is 110 cm³/mol. The normalized spacial score (nSPS) is 10.8. The number of nitrogens with zero attached hydrogens (tertiary/aromatic N) is 3. The van der Waals surface area contributed by atoms with Gasteiger partial charge in [-0.05, 0) is 29.8 Å². The van der Waals surface area contributed by atoms with Crippen LogP contribution in [0.2, 0.25) is 10.0 Å². The minimum absolute atomic E-state index is 0.0987. The number of para-hydroxylation sites is 1. The molecule has 0 aliphatic rings. The Morgan fingerprint density at radius 2 is 1.96 bits per heavy atom. The summed E-state index contributed by atoms with van der Waals surface area (Å²) in [5.41, 5.74) is 7.75. The van der Waals surface area contributed by atoms with E-state index in [0.717, 1.165) is 16.5 Å². The lowest BCUT2D eigenvalue weighted by Crippen LogP contribution is -2.34. The molecule has 27 heavy (non-hydrogen) atoms. The predicted octanol–water partition coefficient (Wildman–Crippen LogP) is 3.66.